The number of unbranched alkanes of at least 4 members (excludes halogenated alkanes) is 1. The van der Waals surface area contributed by atoms with Crippen LogP contribution in [-0.4, -0.2) is 12.9 Å². The third kappa shape index (κ3) is 3.94. The van der Waals surface area contributed by atoms with Crippen molar-refractivity contribution in [2.45, 2.75) is 52.4 Å². The summed E-state index contributed by atoms with van der Waals surface area (Å²) in [6.45, 7) is 8.87. The molecule has 0 radical (unpaired) electrons. The van der Waals surface area contributed by atoms with Gasteiger partial charge in [-0.3, -0.25) is 0 Å². The van der Waals surface area contributed by atoms with E-state index < -0.39 is 0 Å². The minimum absolute atomic E-state index is 0.122. The Morgan fingerprint density at radius 2 is 1.83 bits per heavy atom. The lowest BCUT2D eigenvalue weighted by molar-refractivity contribution is 0.397. The van der Waals surface area contributed by atoms with Gasteiger partial charge >= 0.3 is 0 Å². The molecule has 0 atom stereocenters. The van der Waals surface area contributed by atoms with Crippen molar-refractivity contribution < 1.29 is 4.74 Å². The highest BCUT2D eigenvalue weighted by molar-refractivity contribution is 7.80. The van der Waals surface area contributed by atoms with Crippen LogP contribution in [-0.2, 0) is 11.8 Å². The Morgan fingerprint density at radius 3 is 2.33 bits per heavy atom. The first-order valence-electron chi connectivity index (χ1n) is 6.69. The zero-order valence-electron chi connectivity index (χ0n) is 12.3. The quantitative estimate of drug-likeness (QED) is 0.607. The summed E-state index contributed by atoms with van der Waals surface area (Å²) in [5.41, 5.74) is 4.20. The molecule has 1 nitrogen and oxygen atoms in total. The second-order valence-electron chi connectivity index (χ2n) is 5.91. The van der Waals surface area contributed by atoms with E-state index in [1.54, 1.807) is 7.11 Å². The standard InChI is InChI=1S/C16H26OS/c1-12-10-15(17-5)14(16(2,3)4)11-13(12)8-6-7-9-18/h10-11,18H,6-9H2,1-5H3. The second-order valence-corrected chi connectivity index (χ2v) is 6.36. The van der Waals surface area contributed by atoms with Crippen molar-refractivity contribution in [2.24, 2.45) is 0 Å². The number of hydrogen-bond donors (Lipinski definition) is 1. The molecule has 18 heavy (non-hydrogen) atoms. The van der Waals surface area contributed by atoms with Gasteiger partial charge in [0.05, 0.1) is 7.11 Å². The summed E-state index contributed by atoms with van der Waals surface area (Å²) in [6, 6.07) is 4.50. The fourth-order valence-electron chi connectivity index (χ4n) is 2.18. The topological polar surface area (TPSA) is 9.23 Å². The summed E-state index contributed by atoms with van der Waals surface area (Å²) >= 11 is 4.27. The van der Waals surface area contributed by atoms with Crippen LogP contribution < -0.4 is 4.74 Å². The number of rotatable bonds is 5. The smallest absolute Gasteiger partial charge is 0.122 e. The molecule has 0 fully saturated rings. The van der Waals surface area contributed by atoms with Gasteiger partial charge in [0.25, 0.3) is 0 Å². The zero-order valence-corrected chi connectivity index (χ0v) is 13.2. The summed E-state index contributed by atoms with van der Waals surface area (Å²) in [4.78, 5) is 0. The van der Waals surface area contributed by atoms with Crippen molar-refractivity contribution in [3.8, 4) is 5.75 Å². The monoisotopic (exact) mass is 266 g/mol. The molecule has 1 aromatic carbocycles. The fourth-order valence-corrected chi connectivity index (χ4v) is 2.40. The normalized spacial score (nSPS) is 11.7. The number of benzene rings is 1. The van der Waals surface area contributed by atoms with Gasteiger partial charge in [-0.1, -0.05) is 26.8 Å². The SMILES string of the molecule is COc1cc(C)c(CCCCS)cc1C(C)(C)C. The zero-order chi connectivity index (χ0) is 13.8. The maximum atomic E-state index is 5.52. The second kappa shape index (κ2) is 6.51. The number of ether oxygens (including phenoxy) is 1. The highest BCUT2D eigenvalue weighted by atomic mass is 32.1. The van der Waals surface area contributed by atoms with Crippen LogP contribution in [0.1, 0.15) is 50.3 Å². The highest BCUT2D eigenvalue weighted by Crippen LogP contribution is 2.34. The van der Waals surface area contributed by atoms with E-state index in [-0.39, 0.29) is 5.41 Å². The Hall–Kier alpha value is -0.630. The molecule has 0 spiro atoms. The summed E-state index contributed by atoms with van der Waals surface area (Å²) in [5, 5.41) is 0. The lowest BCUT2D eigenvalue weighted by Gasteiger charge is -2.24. The summed E-state index contributed by atoms with van der Waals surface area (Å²) < 4.78 is 5.52. The van der Waals surface area contributed by atoms with Crippen molar-refractivity contribution in [3.63, 3.8) is 0 Å². The minimum Gasteiger partial charge on any atom is -0.496 e. The first-order chi connectivity index (χ1) is 8.40. The average molecular weight is 266 g/mol. The predicted octanol–water partition coefficient (Wildman–Crippen LogP) is 4.55. The number of aryl methyl sites for hydroxylation is 2. The van der Waals surface area contributed by atoms with Crippen LogP contribution in [0.15, 0.2) is 12.1 Å². The molecular weight excluding hydrogens is 240 g/mol. The van der Waals surface area contributed by atoms with Crippen LogP contribution in [0.3, 0.4) is 0 Å². The Labute approximate surface area is 117 Å². The van der Waals surface area contributed by atoms with Gasteiger partial charge in [-0.15, -0.1) is 0 Å². The molecule has 0 aliphatic rings. The predicted molar refractivity (Wildman–Crippen MR) is 83.2 cm³/mol. The summed E-state index contributed by atoms with van der Waals surface area (Å²) in [5.74, 6) is 1.99. The van der Waals surface area contributed by atoms with Gasteiger partial charge in [0.2, 0.25) is 0 Å². The van der Waals surface area contributed by atoms with Crippen LogP contribution >= 0.6 is 12.6 Å². The molecule has 0 aliphatic heterocycles. The van der Waals surface area contributed by atoms with Crippen LogP contribution in [0, 0.1) is 6.92 Å². The van der Waals surface area contributed by atoms with E-state index in [0.717, 1.165) is 17.9 Å². The summed E-state index contributed by atoms with van der Waals surface area (Å²) in [6.07, 6.45) is 3.53. The van der Waals surface area contributed by atoms with Crippen molar-refractivity contribution in [1.29, 1.82) is 0 Å². The Bertz CT molecular complexity index is 391. The maximum Gasteiger partial charge on any atom is 0.122 e. The van der Waals surface area contributed by atoms with Gasteiger partial charge in [-0.05, 0) is 60.1 Å². The van der Waals surface area contributed by atoms with E-state index in [1.807, 2.05) is 0 Å². The third-order valence-corrected chi connectivity index (χ3v) is 3.64. The molecule has 1 aromatic rings. The van der Waals surface area contributed by atoms with E-state index in [2.05, 4.69) is 52.5 Å². The van der Waals surface area contributed by atoms with Crippen LogP contribution in [0.2, 0.25) is 0 Å². The van der Waals surface area contributed by atoms with Crippen molar-refractivity contribution in [3.05, 3.63) is 28.8 Å². The molecule has 0 N–H and O–H groups in total. The molecule has 102 valence electrons. The molecule has 0 heterocycles. The summed E-state index contributed by atoms with van der Waals surface area (Å²) in [7, 11) is 1.75. The number of hydrogen-bond acceptors (Lipinski definition) is 2. The van der Waals surface area contributed by atoms with Gasteiger partial charge in [-0.2, -0.15) is 12.6 Å². The van der Waals surface area contributed by atoms with Crippen LogP contribution in [0.5, 0.6) is 5.75 Å². The molecule has 1 rings (SSSR count). The Kier molecular flexibility index (Phi) is 5.58. The molecule has 0 aliphatic carbocycles. The van der Waals surface area contributed by atoms with Crippen LogP contribution in [0.25, 0.3) is 0 Å². The molecule has 0 bridgehead atoms. The Morgan fingerprint density at radius 1 is 1.17 bits per heavy atom. The molecule has 0 unspecified atom stereocenters. The van der Waals surface area contributed by atoms with Crippen molar-refractivity contribution in [1.82, 2.24) is 0 Å². The van der Waals surface area contributed by atoms with Gasteiger partial charge < -0.3 is 4.74 Å². The lowest BCUT2D eigenvalue weighted by Crippen LogP contribution is -2.14. The van der Waals surface area contributed by atoms with Gasteiger partial charge in [0.1, 0.15) is 5.75 Å². The van der Waals surface area contributed by atoms with E-state index >= 15 is 0 Å². The van der Waals surface area contributed by atoms with Gasteiger partial charge in [0, 0.05) is 0 Å². The number of thiol groups is 1. The third-order valence-electron chi connectivity index (χ3n) is 3.32. The molecule has 0 amide bonds. The van der Waals surface area contributed by atoms with E-state index in [9.17, 15) is 0 Å². The first kappa shape index (κ1) is 15.4. The molecule has 0 saturated heterocycles. The van der Waals surface area contributed by atoms with Gasteiger partial charge in [0.15, 0.2) is 0 Å². The van der Waals surface area contributed by atoms with E-state index in [0.29, 0.717) is 0 Å². The van der Waals surface area contributed by atoms with Gasteiger partial charge in [-0.25, -0.2) is 0 Å². The fraction of sp³-hybridized carbons (Fsp3) is 0.625. The average Bonchev–Trinajstić information content (AvgIpc) is 2.29. The number of methoxy groups -OCH3 is 1. The first-order valence-corrected chi connectivity index (χ1v) is 7.32. The lowest BCUT2D eigenvalue weighted by atomic mass is 9.83. The molecule has 2 heteroatoms. The minimum atomic E-state index is 0.122. The van der Waals surface area contributed by atoms with Crippen LogP contribution in [0.4, 0.5) is 0 Å². The highest BCUT2D eigenvalue weighted by Gasteiger charge is 2.20. The van der Waals surface area contributed by atoms with E-state index in [4.69, 9.17) is 4.74 Å². The van der Waals surface area contributed by atoms with Crippen molar-refractivity contribution >= 4 is 12.6 Å². The Balaban J connectivity index is 3.06. The largest absolute Gasteiger partial charge is 0.496 e. The van der Waals surface area contributed by atoms with Crippen molar-refractivity contribution in [2.75, 3.05) is 12.9 Å². The maximum absolute atomic E-state index is 5.52. The molecule has 0 aromatic heterocycles. The molecule has 0 saturated carbocycles. The van der Waals surface area contributed by atoms with E-state index in [1.165, 1.54) is 29.5 Å². The molecular formula is C16H26OS.